The largest absolute Gasteiger partial charge is 0.283 e. The molecule has 0 atom stereocenters. The molecular weight excluding hydrogens is 174 g/mol. The molecule has 0 unspecified atom stereocenters. The Hall–Kier alpha value is 0.314. The third kappa shape index (κ3) is 11.7. The SMILES string of the molecule is COCl.[C-]1=CC=CC1.[V]. The van der Waals surface area contributed by atoms with Crippen LogP contribution in [0.3, 0.4) is 0 Å². The molecule has 1 aliphatic rings. The van der Waals surface area contributed by atoms with Gasteiger partial charge in [-0.05, 0) is 0 Å². The van der Waals surface area contributed by atoms with Crippen LogP contribution in [0.25, 0.3) is 0 Å². The van der Waals surface area contributed by atoms with Gasteiger partial charge >= 0.3 is 0 Å². The number of halogens is 1. The Morgan fingerprint density at radius 3 is 2.33 bits per heavy atom. The number of rotatable bonds is 0. The fourth-order valence-electron chi connectivity index (χ4n) is 0.340. The summed E-state index contributed by atoms with van der Waals surface area (Å²) in [7, 11) is 1.39. The van der Waals surface area contributed by atoms with Gasteiger partial charge in [-0.3, -0.25) is 10.4 Å². The van der Waals surface area contributed by atoms with Gasteiger partial charge in [-0.15, -0.1) is 6.42 Å². The van der Waals surface area contributed by atoms with Gasteiger partial charge in [-0.1, -0.05) is 0 Å². The van der Waals surface area contributed by atoms with Crippen LogP contribution in [0.4, 0.5) is 0 Å². The molecule has 0 heterocycles. The zero-order valence-corrected chi connectivity index (χ0v) is 7.33. The average Bonchev–Trinajstić information content (AvgIpc) is 2.17. The van der Waals surface area contributed by atoms with Gasteiger partial charge < -0.3 is 0 Å². The molecule has 0 spiro atoms. The summed E-state index contributed by atoms with van der Waals surface area (Å²) < 4.78 is 3.72. The molecule has 1 radical (unpaired) electrons. The van der Waals surface area contributed by atoms with E-state index in [1.807, 2.05) is 12.2 Å². The van der Waals surface area contributed by atoms with Crippen LogP contribution in [0.15, 0.2) is 18.2 Å². The van der Waals surface area contributed by atoms with E-state index in [1.165, 1.54) is 7.11 Å². The molecule has 1 nitrogen and oxygen atoms in total. The van der Waals surface area contributed by atoms with E-state index in [4.69, 9.17) is 0 Å². The van der Waals surface area contributed by atoms with E-state index in [-0.39, 0.29) is 18.6 Å². The maximum atomic E-state index is 4.50. The summed E-state index contributed by atoms with van der Waals surface area (Å²) in [6, 6.07) is 0. The molecule has 0 aliphatic heterocycles. The van der Waals surface area contributed by atoms with Crippen molar-refractivity contribution in [2.24, 2.45) is 0 Å². The van der Waals surface area contributed by atoms with Crippen molar-refractivity contribution in [2.45, 2.75) is 6.42 Å². The molecule has 0 saturated heterocycles. The molecule has 9 heavy (non-hydrogen) atoms. The van der Waals surface area contributed by atoms with Crippen molar-refractivity contribution >= 4 is 11.9 Å². The van der Waals surface area contributed by atoms with Crippen LogP contribution < -0.4 is 0 Å². The first-order chi connectivity index (χ1) is 3.91. The minimum absolute atomic E-state index is 0. The molecule has 1 rings (SSSR count). The summed E-state index contributed by atoms with van der Waals surface area (Å²) in [6.07, 6.45) is 10.0. The molecule has 1 aliphatic carbocycles. The minimum atomic E-state index is 0. The van der Waals surface area contributed by atoms with Crippen LogP contribution in [0.5, 0.6) is 0 Å². The summed E-state index contributed by atoms with van der Waals surface area (Å²) in [5.41, 5.74) is 0. The fraction of sp³-hybridized carbons (Fsp3) is 0.333. The van der Waals surface area contributed by atoms with Gasteiger partial charge in [-0.2, -0.15) is 6.08 Å². The molecular formula is C6H8ClOV-. The molecule has 0 N–H and O–H groups in total. The van der Waals surface area contributed by atoms with E-state index in [9.17, 15) is 0 Å². The van der Waals surface area contributed by atoms with E-state index < -0.39 is 0 Å². The van der Waals surface area contributed by atoms with Gasteiger partial charge in [0.1, 0.15) is 0 Å². The van der Waals surface area contributed by atoms with Crippen molar-refractivity contribution in [1.29, 1.82) is 0 Å². The monoisotopic (exact) mass is 182 g/mol. The molecule has 0 aromatic heterocycles. The van der Waals surface area contributed by atoms with Gasteiger partial charge in [0.25, 0.3) is 0 Å². The Bertz CT molecular complexity index is 81.1. The third-order valence-corrected chi connectivity index (χ3v) is 0.586. The number of hydrogen-bond acceptors (Lipinski definition) is 1. The predicted molar refractivity (Wildman–Crippen MR) is 34.4 cm³/mol. The summed E-state index contributed by atoms with van der Waals surface area (Å²) >= 11 is 4.50. The van der Waals surface area contributed by atoms with E-state index in [0.717, 1.165) is 6.42 Å². The number of allylic oxidation sites excluding steroid dienone is 4. The zero-order valence-electron chi connectivity index (χ0n) is 5.17. The first-order valence-corrected chi connectivity index (χ1v) is 2.59. The van der Waals surface area contributed by atoms with Crippen LogP contribution >= 0.6 is 11.9 Å². The van der Waals surface area contributed by atoms with Gasteiger partial charge in [0, 0.05) is 18.6 Å². The molecule has 3 heteroatoms. The second-order valence-corrected chi connectivity index (χ2v) is 1.47. The molecule has 0 amide bonds. The van der Waals surface area contributed by atoms with E-state index >= 15 is 0 Å². The molecule has 0 fully saturated rings. The number of hydrogen-bond donors (Lipinski definition) is 0. The molecule has 0 bridgehead atoms. The second kappa shape index (κ2) is 11.2. The predicted octanol–water partition coefficient (Wildman–Crippen LogP) is 2.09. The van der Waals surface area contributed by atoms with Gasteiger partial charge in [0.05, 0.1) is 19.0 Å². The summed E-state index contributed by atoms with van der Waals surface area (Å²) in [5.74, 6) is 0. The van der Waals surface area contributed by atoms with Gasteiger partial charge in [0.2, 0.25) is 0 Å². The Labute approximate surface area is 72.8 Å². The Morgan fingerprint density at radius 2 is 2.22 bits per heavy atom. The van der Waals surface area contributed by atoms with Crippen molar-refractivity contribution in [3.05, 3.63) is 24.3 Å². The summed E-state index contributed by atoms with van der Waals surface area (Å²) in [6.45, 7) is 0. The molecule has 0 aromatic carbocycles. The minimum Gasteiger partial charge on any atom is -0.283 e. The van der Waals surface area contributed by atoms with Crippen LogP contribution in [-0.2, 0) is 22.8 Å². The zero-order chi connectivity index (χ0) is 6.24. The van der Waals surface area contributed by atoms with Crippen molar-refractivity contribution in [2.75, 3.05) is 7.11 Å². The van der Waals surface area contributed by atoms with Crippen LogP contribution in [0.1, 0.15) is 6.42 Å². The Kier molecular flexibility index (Phi) is 14.9. The third-order valence-electron chi connectivity index (χ3n) is 0.586. The standard InChI is InChI=1S/C5H5.CH3ClO.V/c1-2-4-5-3-1;1-3-2;/h1-3H,4H2;1H3;/q-1;;. The summed E-state index contributed by atoms with van der Waals surface area (Å²) in [5, 5.41) is 0. The Balaban J connectivity index is 0. The van der Waals surface area contributed by atoms with Crippen LogP contribution in [0, 0.1) is 6.08 Å². The van der Waals surface area contributed by atoms with Crippen molar-refractivity contribution in [1.82, 2.24) is 0 Å². The van der Waals surface area contributed by atoms with E-state index in [1.54, 1.807) is 0 Å². The fourth-order valence-corrected chi connectivity index (χ4v) is 0.340. The van der Waals surface area contributed by atoms with Crippen LogP contribution in [0.2, 0.25) is 0 Å². The second-order valence-electron chi connectivity index (χ2n) is 1.16. The van der Waals surface area contributed by atoms with Crippen LogP contribution in [-0.4, -0.2) is 7.11 Å². The Morgan fingerprint density at radius 1 is 1.67 bits per heavy atom. The molecule has 0 saturated carbocycles. The van der Waals surface area contributed by atoms with E-state index in [0.29, 0.717) is 0 Å². The quantitative estimate of drug-likeness (QED) is 0.522. The van der Waals surface area contributed by atoms with Gasteiger partial charge in [0.15, 0.2) is 0 Å². The average molecular weight is 183 g/mol. The van der Waals surface area contributed by atoms with Crippen molar-refractivity contribution in [3.8, 4) is 0 Å². The first-order valence-electron chi connectivity index (χ1n) is 2.28. The van der Waals surface area contributed by atoms with Crippen molar-refractivity contribution in [3.63, 3.8) is 0 Å². The molecule has 51 valence electrons. The maximum Gasteiger partial charge on any atom is 0.0606 e. The van der Waals surface area contributed by atoms with E-state index in [2.05, 4.69) is 28.3 Å². The van der Waals surface area contributed by atoms with Gasteiger partial charge in [-0.25, -0.2) is 12.2 Å². The maximum absolute atomic E-state index is 4.50. The summed E-state index contributed by atoms with van der Waals surface area (Å²) in [4.78, 5) is 0. The smallest absolute Gasteiger partial charge is 0.0606 e. The normalized spacial score (nSPS) is 11.8. The topological polar surface area (TPSA) is 9.23 Å². The molecule has 0 aromatic rings. The first kappa shape index (κ1) is 12.0. The van der Waals surface area contributed by atoms with Crippen molar-refractivity contribution < 1.29 is 22.8 Å².